The van der Waals surface area contributed by atoms with Gasteiger partial charge in [-0.05, 0) is 31.0 Å². The maximum Gasteiger partial charge on any atom is 0.191 e. The maximum atomic E-state index is 5.78. The van der Waals surface area contributed by atoms with Gasteiger partial charge < -0.3 is 29.9 Å². The highest BCUT2D eigenvalue weighted by atomic mass is 127. The first kappa shape index (κ1) is 25.1. The van der Waals surface area contributed by atoms with E-state index in [1.807, 2.05) is 6.20 Å². The summed E-state index contributed by atoms with van der Waals surface area (Å²) in [5.41, 5.74) is 1.15. The van der Waals surface area contributed by atoms with Crippen molar-refractivity contribution in [1.29, 1.82) is 0 Å². The lowest BCUT2D eigenvalue weighted by Crippen LogP contribution is -2.46. The minimum Gasteiger partial charge on any atom is -0.379 e. The SMILES string of the molecule is CCN1CCN(c2ccc(CNC(=NC)NCCCOC3CCOC3)cn2)CC1.I. The van der Waals surface area contributed by atoms with Crippen LogP contribution in [0.2, 0.25) is 0 Å². The number of nitrogens with zero attached hydrogens (tertiary/aromatic N) is 4. The van der Waals surface area contributed by atoms with E-state index in [1.165, 1.54) is 0 Å². The number of likely N-dealkylation sites (N-methyl/N-ethyl adjacent to an activating group) is 1. The van der Waals surface area contributed by atoms with Gasteiger partial charge in [0.05, 0.1) is 12.7 Å². The van der Waals surface area contributed by atoms with Crippen LogP contribution in [0.3, 0.4) is 0 Å². The van der Waals surface area contributed by atoms with Gasteiger partial charge in [-0.2, -0.15) is 0 Å². The lowest BCUT2D eigenvalue weighted by molar-refractivity contribution is 0.0420. The molecule has 8 nitrogen and oxygen atoms in total. The zero-order valence-corrected chi connectivity index (χ0v) is 20.6. The van der Waals surface area contributed by atoms with Crippen LogP contribution in [0.15, 0.2) is 23.3 Å². The number of hydrogen-bond donors (Lipinski definition) is 2. The van der Waals surface area contributed by atoms with Crippen molar-refractivity contribution < 1.29 is 9.47 Å². The molecule has 9 heteroatoms. The van der Waals surface area contributed by atoms with Crippen LogP contribution in [0, 0.1) is 0 Å². The van der Waals surface area contributed by atoms with E-state index in [-0.39, 0.29) is 30.1 Å². The van der Waals surface area contributed by atoms with E-state index in [0.29, 0.717) is 6.54 Å². The summed E-state index contributed by atoms with van der Waals surface area (Å²) in [4.78, 5) is 13.8. The molecule has 0 aliphatic carbocycles. The highest BCUT2D eigenvalue weighted by molar-refractivity contribution is 14.0. The average Bonchev–Trinajstić information content (AvgIpc) is 3.30. The smallest absolute Gasteiger partial charge is 0.191 e. The lowest BCUT2D eigenvalue weighted by atomic mass is 10.2. The molecule has 1 atom stereocenters. The third-order valence-electron chi connectivity index (χ3n) is 5.49. The van der Waals surface area contributed by atoms with Gasteiger partial charge >= 0.3 is 0 Å². The second-order valence-corrected chi connectivity index (χ2v) is 7.51. The summed E-state index contributed by atoms with van der Waals surface area (Å²) in [6.07, 6.45) is 4.19. The Labute approximate surface area is 197 Å². The fourth-order valence-corrected chi connectivity index (χ4v) is 3.58. The molecule has 30 heavy (non-hydrogen) atoms. The monoisotopic (exact) mass is 532 g/mol. The van der Waals surface area contributed by atoms with Gasteiger partial charge in [0.25, 0.3) is 0 Å². The Balaban J connectivity index is 0.00000320. The number of piperazine rings is 1. The minimum absolute atomic E-state index is 0. The van der Waals surface area contributed by atoms with E-state index in [9.17, 15) is 0 Å². The van der Waals surface area contributed by atoms with Gasteiger partial charge in [-0.25, -0.2) is 4.98 Å². The van der Waals surface area contributed by atoms with Crippen molar-refractivity contribution in [3.63, 3.8) is 0 Å². The largest absolute Gasteiger partial charge is 0.379 e. The molecule has 1 unspecified atom stereocenters. The Bertz CT molecular complexity index is 616. The summed E-state index contributed by atoms with van der Waals surface area (Å²) in [6.45, 7) is 11.5. The van der Waals surface area contributed by atoms with Crippen LogP contribution in [-0.4, -0.2) is 88.1 Å². The van der Waals surface area contributed by atoms with Crippen molar-refractivity contribution in [3.05, 3.63) is 23.9 Å². The van der Waals surface area contributed by atoms with Crippen molar-refractivity contribution >= 4 is 35.8 Å². The molecule has 2 fully saturated rings. The normalized spacial score (nSPS) is 20.1. The van der Waals surface area contributed by atoms with Crippen LogP contribution in [0.5, 0.6) is 0 Å². The zero-order valence-electron chi connectivity index (χ0n) is 18.3. The predicted molar refractivity (Wildman–Crippen MR) is 132 cm³/mol. The molecule has 1 aromatic rings. The van der Waals surface area contributed by atoms with Gasteiger partial charge in [0.1, 0.15) is 5.82 Å². The highest BCUT2D eigenvalue weighted by Crippen LogP contribution is 2.14. The average molecular weight is 532 g/mol. The first-order chi connectivity index (χ1) is 14.3. The Morgan fingerprint density at radius 2 is 2.10 bits per heavy atom. The van der Waals surface area contributed by atoms with E-state index in [2.05, 4.69) is 49.5 Å². The number of aromatic nitrogens is 1. The number of hydrogen-bond acceptors (Lipinski definition) is 6. The van der Waals surface area contributed by atoms with E-state index < -0.39 is 0 Å². The number of nitrogens with one attached hydrogen (secondary N) is 2. The number of anilines is 1. The number of pyridine rings is 1. The number of ether oxygens (including phenoxy) is 2. The van der Waals surface area contributed by atoms with Gasteiger partial charge in [-0.15, -0.1) is 24.0 Å². The summed E-state index contributed by atoms with van der Waals surface area (Å²) >= 11 is 0. The van der Waals surface area contributed by atoms with Crippen molar-refractivity contribution in [2.75, 3.05) is 71.0 Å². The summed E-state index contributed by atoms with van der Waals surface area (Å²) in [6, 6.07) is 4.27. The summed E-state index contributed by atoms with van der Waals surface area (Å²) in [5.74, 6) is 1.87. The molecular formula is C21H37IN6O2. The predicted octanol–water partition coefficient (Wildman–Crippen LogP) is 1.70. The molecule has 2 saturated heterocycles. The van der Waals surface area contributed by atoms with Gasteiger partial charge in [-0.3, -0.25) is 4.99 Å². The summed E-state index contributed by atoms with van der Waals surface area (Å²) in [5, 5.41) is 6.68. The quantitative estimate of drug-likeness (QED) is 0.217. The van der Waals surface area contributed by atoms with E-state index in [0.717, 1.165) is 89.3 Å². The van der Waals surface area contributed by atoms with Crippen molar-refractivity contribution in [2.45, 2.75) is 32.4 Å². The van der Waals surface area contributed by atoms with Crippen LogP contribution in [-0.2, 0) is 16.0 Å². The van der Waals surface area contributed by atoms with Gasteiger partial charge in [0.15, 0.2) is 5.96 Å². The Morgan fingerprint density at radius 3 is 2.73 bits per heavy atom. The van der Waals surface area contributed by atoms with Crippen molar-refractivity contribution in [3.8, 4) is 0 Å². The van der Waals surface area contributed by atoms with E-state index in [4.69, 9.17) is 9.47 Å². The van der Waals surface area contributed by atoms with Crippen molar-refractivity contribution in [1.82, 2.24) is 20.5 Å². The number of aliphatic imine (C=N–C) groups is 1. The topological polar surface area (TPSA) is 74.2 Å². The third-order valence-corrected chi connectivity index (χ3v) is 5.49. The van der Waals surface area contributed by atoms with E-state index in [1.54, 1.807) is 7.05 Å². The molecule has 3 heterocycles. The van der Waals surface area contributed by atoms with Crippen LogP contribution in [0.4, 0.5) is 5.82 Å². The fourth-order valence-electron chi connectivity index (χ4n) is 3.58. The summed E-state index contributed by atoms with van der Waals surface area (Å²) < 4.78 is 11.1. The molecule has 0 aromatic carbocycles. The molecule has 2 N–H and O–H groups in total. The Hall–Kier alpha value is -1.17. The molecule has 1 aromatic heterocycles. The van der Waals surface area contributed by atoms with Crippen LogP contribution >= 0.6 is 24.0 Å². The third kappa shape index (κ3) is 8.16. The Morgan fingerprint density at radius 1 is 1.27 bits per heavy atom. The van der Waals surface area contributed by atoms with Crippen molar-refractivity contribution in [2.24, 2.45) is 4.99 Å². The second kappa shape index (κ2) is 14.0. The molecular weight excluding hydrogens is 495 g/mol. The molecule has 0 bridgehead atoms. The summed E-state index contributed by atoms with van der Waals surface area (Å²) in [7, 11) is 1.79. The molecule has 3 rings (SSSR count). The molecule has 0 spiro atoms. The molecule has 0 amide bonds. The molecule has 170 valence electrons. The molecule has 0 radical (unpaired) electrons. The number of rotatable bonds is 9. The Kier molecular flexibility index (Phi) is 11.7. The van der Waals surface area contributed by atoms with Crippen LogP contribution in [0.1, 0.15) is 25.3 Å². The first-order valence-electron chi connectivity index (χ1n) is 10.8. The minimum atomic E-state index is 0. The lowest BCUT2D eigenvalue weighted by Gasteiger charge is -2.34. The van der Waals surface area contributed by atoms with Crippen LogP contribution in [0.25, 0.3) is 0 Å². The first-order valence-corrected chi connectivity index (χ1v) is 10.8. The molecule has 0 saturated carbocycles. The van der Waals surface area contributed by atoms with Gasteiger partial charge in [0.2, 0.25) is 0 Å². The van der Waals surface area contributed by atoms with Gasteiger partial charge in [-0.1, -0.05) is 13.0 Å². The molecule has 2 aliphatic heterocycles. The second-order valence-electron chi connectivity index (χ2n) is 7.51. The highest BCUT2D eigenvalue weighted by Gasteiger charge is 2.17. The molecule has 2 aliphatic rings. The number of halogens is 1. The maximum absolute atomic E-state index is 5.78. The fraction of sp³-hybridized carbons (Fsp3) is 0.714. The zero-order chi connectivity index (χ0) is 20.3. The standard InChI is InChI=1S/C21H36N6O2.HI/c1-3-26-9-11-27(12-10-26)20-6-5-18(15-24-20)16-25-21(22-2)23-8-4-13-29-19-7-14-28-17-19;/h5-6,15,19H,3-4,7-14,16-17H2,1-2H3,(H2,22,23,25);1H. The van der Waals surface area contributed by atoms with Gasteiger partial charge in [0, 0.05) is 65.7 Å². The van der Waals surface area contributed by atoms with Crippen LogP contribution < -0.4 is 15.5 Å². The van der Waals surface area contributed by atoms with E-state index >= 15 is 0 Å². The number of guanidine groups is 1.